The Bertz CT molecular complexity index is 1640. The highest BCUT2D eigenvalue weighted by molar-refractivity contribution is 7.92. The van der Waals surface area contributed by atoms with E-state index in [4.69, 9.17) is 0 Å². The molecule has 0 heterocycles. The lowest BCUT2D eigenvalue weighted by atomic mass is 10.0. The van der Waals surface area contributed by atoms with Crippen molar-refractivity contribution in [2.45, 2.75) is 64.1 Å². The van der Waals surface area contributed by atoms with Crippen LogP contribution in [0.15, 0.2) is 114 Å². The fourth-order valence-electron chi connectivity index (χ4n) is 5.05. The van der Waals surface area contributed by atoms with Crippen LogP contribution in [0.3, 0.4) is 0 Å². The largest absolute Gasteiger partial charge is 0.352 e. The first kappa shape index (κ1) is 32.5. The smallest absolute Gasteiger partial charge is 0.264 e. The van der Waals surface area contributed by atoms with E-state index >= 15 is 0 Å². The molecule has 1 unspecified atom stereocenters. The molecule has 8 heteroatoms. The highest BCUT2D eigenvalue weighted by atomic mass is 32.2. The van der Waals surface area contributed by atoms with Crippen molar-refractivity contribution >= 4 is 27.5 Å². The molecule has 0 bridgehead atoms. The number of hydrogen-bond acceptors (Lipinski definition) is 4. The lowest BCUT2D eigenvalue weighted by molar-refractivity contribution is -0.140. The summed E-state index contributed by atoms with van der Waals surface area (Å²) in [6.07, 6.45) is 1.06. The van der Waals surface area contributed by atoms with E-state index in [0.717, 1.165) is 33.0 Å². The Labute approximate surface area is 261 Å². The van der Waals surface area contributed by atoms with Crippen molar-refractivity contribution in [3.05, 3.63) is 131 Å². The number of rotatable bonds is 13. The number of carbonyl (C=O) groups excluding carboxylic acids is 2. The topological polar surface area (TPSA) is 86.8 Å². The molecule has 0 radical (unpaired) electrons. The van der Waals surface area contributed by atoms with Gasteiger partial charge in [0.2, 0.25) is 11.8 Å². The minimum absolute atomic E-state index is 0.0798. The van der Waals surface area contributed by atoms with E-state index in [0.29, 0.717) is 5.69 Å². The van der Waals surface area contributed by atoms with Gasteiger partial charge in [0, 0.05) is 19.0 Å². The summed E-state index contributed by atoms with van der Waals surface area (Å²) >= 11 is 0. The molecular formula is C36H41N3O4S. The number of aryl methyl sites for hydroxylation is 2. The molecule has 4 rings (SSSR count). The van der Waals surface area contributed by atoms with Gasteiger partial charge in [0.15, 0.2) is 0 Å². The first-order valence-electron chi connectivity index (χ1n) is 14.9. The van der Waals surface area contributed by atoms with Gasteiger partial charge >= 0.3 is 0 Å². The zero-order chi connectivity index (χ0) is 31.7. The highest BCUT2D eigenvalue weighted by Gasteiger charge is 2.35. The second kappa shape index (κ2) is 14.8. The fourth-order valence-corrected chi connectivity index (χ4v) is 6.49. The third-order valence-electron chi connectivity index (χ3n) is 7.55. The standard InChI is InChI=1S/C36H41N3O4S/c1-5-29-20-22-32(23-21-29)39(44(42,43)33-18-10-7-11-19-33)26-35(40)38(25-31-17-13-12-14-28(31)4)34(36(41)37-27(2)3)24-30-15-8-6-9-16-30/h6-23,27,34H,5,24-26H2,1-4H3,(H,37,41). The molecule has 230 valence electrons. The maximum atomic E-state index is 14.5. The monoisotopic (exact) mass is 611 g/mol. The van der Waals surface area contributed by atoms with Crippen LogP contribution in [0.1, 0.15) is 43.0 Å². The number of hydrogen-bond donors (Lipinski definition) is 1. The fraction of sp³-hybridized carbons (Fsp3) is 0.278. The average molecular weight is 612 g/mol. The summed E-state index contributed by atoms with van der Waals surface area (Å²) in [5.41, 5.74) is 4.16. The van der Waals surface area contributed by atoms with Crippen LogP contribution in [0.2, 0.25) is 0 Å². The summed E-state index contributed by atoms with van der Waals surface area (Å²) in [5.74, 6) is -0.775. The van der Waals surface area contributed by atoms with E-state index in [1.54, 1.807) is 30.3 Å². The molecule has 44 heavy (non-hydrogen) atoms. The second-order valence-corrected chi connectivity index (χ2v) is 13.0. The Morgan fingerprint density at radius 2 is 1.36 bits per heavy atom. The van der Waals surface area contributed by atoms with Gasteiger partial charge in [0.1, 0.15) is 12.6 Å². The lowest BCUT2D eigenvalue weighted by Crippen LogP contribution is -2.54. The molecule has 7 nitrogen and oxygen atoms in total. The van der Waals surface area contributed by atoms with Crippen molar-refractivity contribution in [1.29, 1.82) is 0 Å². The molecule has 4 aromatic rings. The van der Waals surface area contributed by atoms with Crippen LogP contribution in [-0.4, -0.2) is 43.8 Å². The van der Waals surface area contributed by atoms with Crippen LogP contribution in [0.4, 0.5) is 5.69 Å². The molecule has 0 saturated heterocycles. The summed E-state index contributed by atoms with van der Waals surface area (Å²) < 4.78 is 29.3. The quantitative estimate of drug-likeness (QED) is 0.204. The van der Waals surface area contributed by atoms with Gasteiger partial charge in [-0.05, 0) is 73.7 Å². The maximum Gasteiger partial charge on any atom is 0.264 e. The van der Waals surface area contributed by atoms with E-state index in [1.165, 1.54) is 17.0 Å². The van der Waals surface area contributed by atoms with E-state index in [2.05, 4.69) is 5.32 Å². The molecule has 0 saturated carbocycles. The lowest BCUT2D eigenvalue weighted by Gasteiger charge is -2.34. The Morgan fingerprint density at radius 1 is 0.773 bits per heavy atom. The third-order valence-corrected chi connectivity index (χ3v) is 9.33. The summed E-state index contributed by atoms with van der Waals surface area (Å²) in [7, 11) is -4.12. The van der Waals surface area contributed by atoms with E-state index in [9.17, 15) is 18.0 Å². The first-order chi connectivity index (χ1) is 21.1. The molecule has 0 aromatic heterocycles. The Morgan fingerprint density at radius 3 is 1.95 bits per heavy atom. The van der Waals surface area contributed by atoms with Crippen molar-refractivity contribution < 1.29 is 18.0 Å². The van der Waals surface area contributed by atoms with Gasteiger partial charge in [0.05, 0.1) is 10.6 Å². The predicted molar refractivity (Wildman–Crippen MR) is 176 cm³/mol. The predicted octanol–water partition coefficient (Wildman–Crippen LogP) is 5.92. The molecule has 0 aliphatic carbocycles. The Kier molecular flexibility index (Phi) is 11.0. The first-order valence-corrected chi connectivity index (χ1v) is 16.4. The average Bonchev–Trinajstić information content (AvgIpc) is 3.03. The summed E-state index contributed by atoms with van der Waals surface area (Å²) in [6.45, 7) is 7.39. The highest BCUT2D eigenvalue weighted by Crippen LogP contribution is 2.26. The molecular weight excluding hydrogens is 570 g/mol. The van der Waals surface area contributed by atoms with Crippen LogP contribution in [0.5, 0.6) is 0 Å². The minimum Gasteiger partial charge on any atom is -0.352 e. The maximum absolute atomic E-state index is 14.5. The van der Waals surface area contributed by atoms with Crippen molar-refractivity contribution in [2.75, 3.05) is 10.8 Å². The number of nitrogens with zero attached hydrogens (tertiary/aromatic N) is 2. The number of nitrogens with one attached hydrogen (secondary N) is 1. The molecule has 2 amide bonds. The van der Waals surface area contributed by atoms with Gasteiger partial charge in [-0.25, -0.2) is 8.42 Å². The van der Waals surface area contributed by atoms with Gasteiger partial charge < -0.3 is 10.2 Å². The molecule has 0 aliphatic rings. The second-order valence-electron chi connectivity index (χ2n) is 11.2. The Hall–Kier alpha value is -4.43. The van der Waals surface area contributed by atoms with Gasteiger partial charge in [-0.3, -0.25) is 13.9 Å². The molecule has 4 aromatic carbocycles. The van der Waals surface area contributed by atoms with E-state index in [-0.39, 0.29) is 29.8 Å². The Balaban J connectivity index is 1.81. The van der Waals surface area contributed by atoms with Gasteiger partial charge in [-0.15, -0.1) is 0 Å². The van der Waals surface area contributed by atoms with Crippen molar-refractivity contribution in [1.82, 2.24) is 10.2 Å². The SMILES string of the molecule is CCc1ccc(N(CC(=O)N(Cc2ccccc2C)C(Cc2ccccc2)C(=O)NC(C)C)S(=O)(=O)c2ccccc2)cc1. The number of anilines is 1. The third kappa shape index (κ3) is 8.14. The summed E-state index contributed by atoms with van der Waals surface area (Å²) in [5, 5.41) is 2.99. The molecule has 0 aliphatic heterocycles. The van der Waals surface area contributed by atoms with Crippen molar-refractivity contribution in [2.24, 2.45) is 0 Å². The molecule has 0 spiro atoms. The van der Waals surface area contributed by atoms with E-state index < -0.39 is 28.5 Å². The number of sulfonamides is 1. The molecule has 1 atom stereocenters. The van der Waals surface area contributed by atoms with E-state index in [1.807, 2.05) is 94.4 Å². The van der Waals surface area contributed by atoms with Gasteiger partial charge in [0.25, 0.3) is 10.0 Å². The zero-order valence-corrected chi connectivity index (χ0v) is 26.6. The number of carbonyl (C=O) groups is 2. The minimum atomic E-state index is -4.12. The normalized spacial score (nSPS) is 12.0. The number of benzene rings is 4. The molecule has 1 N–H and O–H groups in total. The molecule has 0 fully saturated rings. The van der Waals surface area contributed by atoms with Crippen LogP contribution in [0, 0.1) is 6.92 Å². The van der Waals surface area contributed by atoms with Crippen LogP contribution < -0.4 is 9.62 Å². The summed E-state index contributed by atoms with van der Waals surface area (Å²) in [6, 6.07) is 31.5. The van der Waals surface area contributed by atoms with Crippen molar-refractivity contribution in [3.8, 4) is 0 Å². The zero-order valence-electron chi connectivity index (χ0n) is 25.8. The van der Waals surface area contributed by atoms with Crippen molar-refractivity contribution in [3.63, 3.8) is 0 Å². The van der Waals surface area contributed by atoms with Gasteiger partial charge in [-0.2, -0.15) is 0 Å². The van der Waals surface area contributed by atoms with Crippen LogP contribution in [0.25, 0.3) is 0 Å². The van der Waals surface area contributed by atoms with Crippen LogP contribution >= 0.6 is 0 Å². The number of amides is 2. The van der Waals surface area contributed by atoms with Gasteiger partial charge in [-0.1, -0.05) is 91.9 Å². The van der Waals surface area contributed by atoms with Crippen LogP contribution in [-0.2, 0) is 39.0 Å². The summed E-state index contributed by atoms with van der Waals surface area (Å²) in [4.78, 5) is 29.9.